The van der Waals surface area contributed by atoms with E-state index in [2.05, 4.69) is 10.3 Å². The fraction of sp³-hybridized carbons (Fsp3) is 0.250. The molecule has 1 heterocycles. The molecule has 0 spiro atoms. The molecule has 1 aromatic heterocycles. The average molecular weight is 166 g/mol. The summed E-state index contributed by atoms with van der Waals surface area (Å²) >= 11 is 0. The van der Waals surface area contributed by atoms with Crippen molar-refractivity contribution in [2.75, 3.05) is 7.05 Å². The van der Waals surface area contributed by atoms with Crippen molar-refractivity contribution >= 4 is 11.7 Å². The van der Waals surface area contributed by atoms with Crippen LogP contribution in [0, 0.1) is 0 Å². The van der Waals surface area contributed by atoms with E-state index >= 15 is 0 Å². The Morgan fingerprint density at radius 3 is 2.58 bits per heavy atom. The number of hydrogen-bond acceptors (Lipinski definition) is 2. The molecule has 0 aliphatic heterocycles. The minimum absolute atomic E-state index is 0.0543. The summed E-state index contributed by atoms with van der Waals surface area (Å²) in [6.07, 6.45) is 1.52. The lowest BCUT2D eigenvalue weighted by Crippen LogP contribution is -2.17. The molecule has 0 aliphatic rings. The number of aromatic amines is 1. The maximum Gasteiger partial charge on any atom is 0.267 e. The number of amides is 1. The normalized spacial score (nSPS) is 9.50. The van der Waals surface area contributed by atoms with Gasteiger partial charge in [0.2, 0.25) is 0 Å². The Bertz CT molecular complexity index is 315. The van der Waals surface area contributed by atoms with Crippen molar-refractivity contribution < 1.29 is 9.59 Å². The van der Waals surface area contributed by atoms with E-state index < -0.39 is 0 Å². The van der Waals surface area contributed by atoms with Crippen LogP contribution in [0.15, 0.2) is 12.3 Å². The predicted octanol–water partition coefficient (Wildman–Crippen LogP) is 0.577. The van der Waals surface area contributed by atoms with Gasteiger partial charge in [-0.15, -0.1) is 0 Å². The maximum atomic E-state index is 11.0. The molecule has 1 amide bonds. The number of ketones is 1. The molecule has 0 radical (unpaired) electrons. The molecule has 0 unspecified atom stereocenters. The first-order valence-electron chi connectivity index (χ1n) is 3.56. The third kappa shape index (κ3) is 1.53. The zero-order chi connectivity index (χ0) is 9.14. The van der Waals surface area contributed by atoms with Crippen LogP contribution in [0.5, 0.6) is 0 Å². The Morgan fingerprint density at radius 1 is 1.50 bits per heavy atom. The number of Topliss-reactive ketones (excluding diaryl/α,β-unsaturated/α-hetero) is 1. The average Bonchev–Trinajstić information content (AvgIpc) is 2.51. The smallest absolute Gasteiger partial charge is 0.267 e. The minimum Gasteiger partial charge on any atom is -0.356 e. The van der Waals surface area contributed by atoms with E-state index in [1.807, 2.05) is 0 Å². The molecule has 0 saturated carbocycles. The highest BCUT2D eigenvalue weighted by molar-refractivity contribution is 5.98. The lowest BCUT2D eigenvalue weighted by molar-refractivity contribution is 0.0958. The third-order valence-electron chi connectivity index (χ3n) is 1.56. The van der Waals surface area contributed by atoms with Crippen molar-refractivity contribution in [2.45, 2.75) is 6.92 Å². The van der Waals surface area contributed by atoms with Crippen molar-refractivity contribution in [3.8, 4) is 0 Å². The molecule has 0 atom stereocenters. The van der Waals surface area contributed by atoms with Gasteiger partial charge in [0.1, 0.15) is 5.69 Å². The molecule has 4 heteroatoms. The SMILES string of the molecule is CNC(=O)c1cc(C(C)=O)c[nH]1. The number of aromatic nitrogens is 1. The topological polar surface area (TPSA) is 62.0 Å². The second-order valence-corrected chi connectivity index (χ2v) is 2.44. The molecule has 0 aliphatic carbocycles. The molecular weight excluding hydrogens is 156 g/mol. The lowest BCUT2D eigenvalue weighted by Gasteiger charge is -1.92. The molecule has 12 heavy (non-hydrogen) atoms. The van der Waals surface area contributed by atoms with Gasteiger partial charge < -0.3 is 10.3 Å². The summed E-state index contributed by atoms with van der Waals surface area (Å²) in [5.41, 5.74) is 0.927. The predicted molar refractivity (Wildman–Crippen MR) is 44.2 cm³/mol. The van der Waals surface area contributed by atoms with Crippen LogP contribution in [0.3, 0.4) is 0 Å². The maximum absolute atomic E-state index is 11.0. The van der Waals surface area contributed by atoms with Gasteiger partial charge >= 0.3 is 0 Å². The summed E-state index contributed by atoms with van der Waals surface area (Å²) in [6, 6.07) is 1.53. The van der Waals surface area contributed by atoms with E-state index in [-0.39, 0.29) is 11.7 Å². The highest BCUT2D eigenvalue weighted by Crippen LogP contribution is 2.03. The summed E-state index contributed by atoms with van der Waals surface area (Å²) in [6.45, 7) is 1.46. The number of rotatable bonds is 2. The Morgan fingerprint density at radius 2 is 2.17 bits per heavy atom. The highest BCUT2D eigenvalue weighted by Gasteiger charge is 2.07. The van der Waals surface area contributed by atoms with Crippen LogP contribution in [0.25, 0.3) is 0 Å². The van der Waals surface area contributed by atoms with Crippen molar-refractivity contribution in [3.05, 3.63) is 23.5 Å². The number of H-pyrrole nitrogens is 1. The second kappa shape index (κ2) is 3.21. The summed E-state index contributed by atoms with van der Waals surface area (Å²) in [5.74, 6) is -0.274. The highest BCUT2D eigenvalue weighted by atomic mass is 16.1. The van der Waals surface area contributed by atoms with E-state index in [0.717, 1.165) is 0 Å². The molecule has 2 N–H and O–H groups in total. The first-order valence-corrected chi connectivity index (χ1v) is 3.56. The zero-order valence-electron chi connectivity index (χ0n) is 6.97. The van der Waals surface area contributed by atoms with Gasteiger partial charge in [-0.3, -0.25) is 9.59 Å². The zero-order valence-corrected chi connectivity index (χ0v) is 6.97. The fourth-order valence-electron chi connectivity index (χ4n) is 0.863. The summed E-state index contributed by atoms with van der Waals surface area (Å²) in [5, 5.41) is 2.45. The molecule has 0 saturated heterocycles. The Hall–Kier alpha value is -1.58. The molecule has 0 fully saturated rings. The summed E-state index contributed by atoms with van der Waals surface area (Å²) in [7, 11) is 1.54. The van der Waals surface area contributed by atoms with Crippen LogP contribution in [-0.4, -0.2) is 23.7 Å². The van der Waals surface area contributed by atoms with Gasteiger partial charge in [0.25, 0.3) is 5.91 Å². The number of carbonyl (C=O) groups is 2. The van der Waals surface area contributed by atoms with Gasteiger partial charge in [0, 0.05) is 18.8 Å². The van der Waals surface area contributed by atoms with E-state index in [9.17, 15) is 9.59 Å². The van der Waals surface area contributed by atoms with E-state index in [4.69, 9.17) is 0 Å². The van der Waals surface area contributed by atoms with Crippen molar-refractivity contribution in [1.29, 1.82) is 0 Å². The molecule has 1 aromatic rings. The molecule has 4 nitrogen and oxygen atoms in total. The minimum atomic E-state index is -0.220. The largest absolute Gasteiger partial charge is 0.356 e. The summed E-state index contributed by atoms with van der Waals surface area (Å²) in [4.78, 5) is 24.5. The second-order valence-electron chi connectivity index (χ2n) is 2.44. The van der Waals surface area contributed by atoms with E-state index in [1.54, 1.807) is 0 Å². The Labute approximate surface area is 70.0 Å². The van der Waals surface area contributed by atoms with Crippen LogP contribution in [0.4, 0.5) is 0 Å². The lowest BCUT2D eigenvalue weighted by atomic mass is 10.2. The van der Waals surface area contributed by atoms with Gasteiger partial charge in [-0.1, -0.05) is 0 Å². The molecule has 0 aromatic carbocycles. The van der Waals surface area contributed by atoms with Gasteiger partial charge in [0.15, 0.2) is 5.78 Å². The van der Waals surface area contributed by atoms with Gasteiger partial charge in [-0.05, 0) is 13.0 Å². The van der Waals surface area contributed by atoms with Crippen LogP contribution in [0.1, 0.15) is 27.8 Å². The van der Waals surface area contributed by atoms with Crippen LogP contribution >= 0.6 is 0 Å². The van der Waals surface area contributed by atoms with E-state index in [1.165, 1.54) is 26.2 Å². The fourth-order valence-corrected chi connectivity index (χ4v) is 0.863. The van der Waals surface area contributed by atoms with Crippen molar-refractivity contribution in [3.63, 3.8) is 0 Å². The van der Waals surface area contributed by atoms with Gasteiger partial charge in [-0.2, -0.15) is 0 Å². The summed E-state index contributed by atoms with van der Waals surface area (Å²) < 4.78 is 0. The monoisotopic (exact) mass is 166 g/mol. The quantitative estimate of drug-likeness (QED) is 0.631. The number of carbonyl (C=O) groups excluding carboxylic acids is 2. The standard InChI is InChI=1S/C8H10N2O2/c1-5(11)6-3-7(10-4-6)8(12)9-2/h3-4,10H,1-2H3,(H,9,12). The van der Waals surface area contributed by atoms with Crippen LogP contribution in [-0.2, 0) is 0 Å². The Balaban J connectivity index is 2.91. The number of nitrogens with one attached hydrogen (secondary N) is 2. The van der Waals surface area contributed by atoms with Crippen LogP contribution < -0.4 is 5.32 Å². The Kier molecular flexibility index (Phi) is 2.28. The van der Waals surface area contributed by atoms with Crippen molar-refractivity contribution in [2.24, 2.45) is 0 Å². The molecule has 64 valence electrons. The molecular formula is C8H10N2O2. The molecule has 1 rings (SSSR count). The molecule has 0 bridgehead atoms. The first-order chi connectivity index (χ1) is 5.65. The van der Waals surface area contributed by atoms with E-state index in [0.29, 0.717) is 11.3 Å². The van der Waals surface area contributed by atoms with Crippen molar-refractivity contribution in [1.82, 2.24) is 10.3 Å². The first kappa shape index (κ1) is 8.52. The van der Waals surface area contributed by atoms with Crippen LogP contribution in [0.2, 0.25) is 0 Å². The van der Waals surface area contributed by atoms with Gasteiger partial charge in [-0.25, -0.2) is 0 Å². The third-order valence-corrected chi connectivity index (χ3v) is 1.56. The number of hydrogen-bond donors (Lipinski definition) is 2. The van der Waals surface area contributed by atoms with Gasteiger partial charge in [0.05, 0.1) is 0 Å².